The van der Waals surface area contributed by atoms with Crippen LogP contribution in [0.5, 0.6) is 0 Å². The summed E-state index contributed by atoms with van der Waals surface area (Å²) in [5.74, 6) is 0.606. The van der Waals surface area contributed by atoms with Gasteiger partial charge in [0, 0.05) is 78.0 Å². The third-order valence-electron chi connectivity index (χ3n) is 8.38. The first-order valence-corrected chi connectivity index (χ1v) is 17.5. The zero-order chi connectivity index (χ0) is 31.0. The molecule has 0 aromatic heterocycles. The highest BCUT2D eigenvalue weighted by Gasteiger charge is 2.22. The summed E-state index contributed by atoms with van der Waals surface area (Å²) in [6, 6.07) is 0. The molecule has 0 aromatic carbocycles. The van der Waals surface area contributed by atoms with Gasteiger partial charge in [0.25, 0.3) is 0 Å². The van der Waals surface area contributed by atoms with E-state index in [0.29, 0.717) is 90.9 Å². The van der Waals surface area contributed by atoms with Crippen LogP contribution in [0.1, 0.15) is 143 Å². The van der Waals surface area contributed by atoms with Crippen LogP contribution in [0, 0.1) is 0 Å². The predicted octanol–water partition coefficient (Wildman–Crippen LogP) is 6.42. The van der Waals surface area contributed by atoms with Crippen LogP contribution < -0.4 is 0 Å². The Kier molecular flexibility index (Phi) is 22.0. The minimum absolute atomic E-state index is 0.151. The molecular formula is C34H64N4O4. The smallest absolute Gasteiger partial charge is 0.222 e. The monoisotopic (exact) mass is 592 g/mol. The molecule has 1 saturated heterocycles. The van der Waals surface area contributed by atoms with Crippen molar-refractivity contribution >= 4 is 23.6 Å². The average molecular weight is 593 g/mol. The SMILES string of the molecule is CCCCCC(=O)N1CCCN(C(=O)CCCCC)CCN(C(=O)CCCCC)CCCN(C(=O)CCCCC)CC1. The van der Waals surface area contributed by atoms with E-state index >= 15 is 0 Å². The van der Waals surface area contributed by atoms with E-state index in [1.807, 2.05) is 19.6 Å². The maximum absolute atomic E-state index is 13.2. The lowest BCUT2D eigenvalue weighted by atomic mass is 10.1. The minimum atomic E-state index is 0.151. The molecule has 0 saturated carbocycles. The molecule has 0 radical (unpaired) electrons. The summed E-state index contributed by atoms with van der Waals surface area (Å²) in [5, 5.41) is 0. The number of amides is 4. The standard InChI is InChI=1S/C34H64N4O4/c1-5-9-13-19-31(39)35-23-17-24-37(33(41)21-15-11-7-3)29-30-38(34(42)22-16-12-8-4)26-18-25-36(28-27-35)32(40)20-14-10-6-2/h5-30H2,1-4H3. The summed E-state index contributed by atoms with van der Waals surface area (Å²) < 4.78 is 0. The van der Waals surface area contributed by atoms with Gasteiger partial charge in [0.05, 0.1) is 0 Å². The van der Waals surface area contributed by atoms with Crippen molar-refractivity contribution in [2.75, 3.05) is 52.4 Å². The van der Waals surface area contributed by atoms with Gasteiger partial charge in [-0.05, 0) is 38.5 Å². The Hall–Kier alpha value is -2.12. The Bertz CT molecular complexity index is 638. The fraction of sp³-hybridized carbons (Fsp3) is 0.882. The number of hydrogen-bond acceptors (Lipinski definition) is 4. The molecule has 1 aliphatic rings. The summed E-state index contributed by atoms with van der Waals surface area (Å²) >= 11 is 0. The van der Waals surface area contributed by atoms with Crippen molar-refractivity contribution in [3.63, 3.8) is 0 Å². The number of carbonyl (C=O) groups is 4. The van der Waals surface area contributed by atoms with Crippen molar-refractivity contribution in [3.8, 4) is 0 Å². The predicted molar refractivity (Wildman–Crippen MR) is 172 cm³/mol. The molecular weight excluding hydrogens is 528 g/mol. The quantitative estimate of drug-likeness (QED) is 0.194. The topological polar surface area (TPSA) is 81.2 Å². The van der Waals surface area contributed by atoms with Gasteiger partial charge in [-0.2, -0.15) is 0 Å². The Labute approximate surface area is 257 Å². The third kappa shape index (κ3) is 16.5. The maximum Gasteiger partial charge on any atom is 0.222 e. The van der Waals surface area contributed by atoms with Crippen LogP contribution >= 0.6 is 0 Å². The lowest BCUT2D eigenvalue weighted by molar-refractivity contribution is -0.137. The van der Waals surface area contributed by atoms with Crippen molar-refractivity contribution in [3.05, 3.63) is 0 Å². The van der Waals surface area contributed by atoms with Gasteiger partial charge in [0.1, 0.15) is 0 Å². The summed E-state index contributed by atoms with van der Waals surface area (Å²) in [5.41, 5.74) is 0. The zero-order valence-electron chi connectivity index (χ0n) is 27.8. The van der Waals surface area contributed by atoms with Gasteiger partial charge in [0.15, 0.2) is 0 Å². The number of hydrogen-bond donors (Lipinski definition) is 0. The summed E-state index contributed by atoms with van der Waals surface area (Å²) in [4.78, 5) is 60.6. The Morgan fingerprint density at radius 2 is 0.571 bits per heavy atom. The van der Waals surface area contributed by atoms with E-state index in [1.165, 1.54) is 0 Å². The molecule has 0 N–H and O–H groups in total. The molecule has 42 heavy (non-hydrogen) atoms. The highest BCUT2D eigenvalue weighted by Crippen LogP contribution is 2.12. The van der Waals surface area contributed by atoms with E-state index < -0.39 is 0 Å². The number of unbranched alkanes of at least 4 members (excludes halogenated alkanes) is 8. The van der Waals surface area contributed by atoms with E-state index in [2.05, 4.69) is 27.7 Å². The molecule has 0 spiro atoms. The van der Waals surface area contributed by atoms with Crippen LogP contribution in [0.15, 0.2) is 0 Å². The summed E-state index contributed by atoms with van der Waals surface area (Å²) in [6.07, 6.45) is 15.5. The first-order chi connectivity index (χ1) is 20.4. The zero-order valence-corrected chi connectivity index (χ0v) is 27.8. The van der Waals surface area contributed by atoms with Crippen molar-refractivity contribution in [2.45, 2.75) is 143 Å². The van der Waals surface area contributed by atoms with Gasteiger partial charge in [0.2, 0.25) is 23.6 Å². The molecule has 8 nitrogen and oxygen atoms in total. The fourth-order valence-electron chi connectivity index (χ4n) is 5.57. The Morgan fingerprint density at radius 3 is 0.762 bits per heavy atom. The van der Waals surface area contributed by atoms with Crippen molar-refractivity contribution in [1.29, 1.82) is 0 Å². The molecule has 1 fully saturated rings. The Morgan fingerprint density at radius 1 is 0.357 bits per heavy atom. The van der Waals surface area contributed by atoms with Gasteiger partial charge in [-0.1, -0.05) is 79.1 Å². The maximum atomic E-state index is 13.2. The first kappa shape index (κ1) is 37.9. The van der Waals surface area contributed by atoms with E-state index in [1.54, 1.807) is 0 Å². The van der Waals surface area contributed by atoms with E-state index in [9.17, 15) is 19.2 Å². The fourth-order valence-corrected chi connectivity index (χ4v) is 5.57. The van der Waals surface area contributed by atoms with Crippen LogP contribution in [0.2, 0.25) is 0 Å². The summed E-state index contributed by atoms with van der Waals surface area (Å²) in [7, 11) is 0. The second-order valence-electron chi connectivity index (χ2n) is 12.1. The van der Waals surface area contributed by atoms with Gasteiger partial charge in [-0.15, -0.1) is 0 Å². The van der Waals surface area contributed by atoms with Crippen molar-refractivity contribution in [1.82, 2.24) is 19.6 Å². The molecule has 0 aromatic rings. The molecule has 0 atom stereocenters. The van der Waals surface area contributed by atoms with Crippen molar-refractivity contribution < 1.29 is 19.2 Å². The molecule has 1 rings (SSSR count). The molecule has 0 bridgehead atoms. The molecule has 1 aliphatic heterocycles. The van der Waals surface area contributed by atoms with Crippen LogP contribution in [-0.4, -0.2) is 95.6 Å². The highest BCUT2D eigenvalue weighted by atomic mass is 16.2. The highest BCUT2D eigenvalue weighted by molar-refractivity contribution is 5.78. The van der Waals surface area contributed by atoms with Gasteiger partial charge in [-0.3, -0.25) is 19.2 Å². The number of nitrogens with zero attached hydrogens (tertiary/aromatic N) is 4. The third-order valence-corrected chi connectivity index (χ3v) is 8.38. The lowest BCUT2D eigenvalue weighted by Crippen LogP contribution is -2.46. The van der Waals surface area contributed by atoms with Gasteiger partial charge < -0.3 is 19.6 Å². The first-order valence-electron chi connectivity index (χ1n) is 17.5. The summed E-state index contributed by atoms with van der Waals surface area (Å²) in [6.45, 7) is 13.0. The number of rotatable bonds is 16. The molecule has 244 valence electrons. The number of carbonyl (C=O) groups excluding carboxylic acids is 4. The second-order valence-corrected chi connectivity index (χ2v) is 12.1. The van der Waals surface area contributed by atoms with E-state index in [-0.39, 0.29) is 23.6 Å². The second kappa shape index (κ2) is 24.3. The normalized spacial score (nSPS) is 15.9. The lowest BCUT2D eigenvalue weighted by Gasteiger charge is -2.32. The molecule has 0 unspecified atom stereocenters. The average Bonchev–Trinajstić information content (AvgIpc) is 2.98. The van der Waals surface area contributed by atoms with E-state index in [4.69, 9.17) is 0 Å². The van der Waals surface area contributed by atoms with Crippen molar-refractivity contribution in [2.24, 2.45) is 0 Å². The molecule has 4 amide bonds. The Balaban J connectivity index is 3.11. The van der Waals surface area contributed by atoms with Gasteiger partial charge in [-0.25, -0.2) is 0 Å². The van der Waals surface area contributed by atoms with Crippen LogP contribution in [0.3, 0.4) is 0 Å². The molecule has 1 heterocycles. The van der Waals surface area contributed by atoms with Crippen LogP contribution in [-0.2, 0) is 19.2 Å². The van der Waals surface area contributed by atoms with Crippen LogP contribution in [0.25, 0.3) is 0 Å². The largest absolute Gasteiger partial charge is 0.341 e. The molecule has 8 heteroatoms. The van der Waals surface area contributed by atoms with Gasteiger partial charge >= 0.3 is 0 Å². The minimum Gasteiger partial charge on any atom is -0.341 e. The molecule has 0 aliphatic carbocycles. The van der Waals surface area contributed by atoms with E-state index in [0.717, 1.165) is 77.0 Å². The van der Waals surface area contributed by atoms with Crippen LogP contribution in [0.4, 0.5) is 0 Å².